The van der Waals surface area contributed by atoms with Gasteiger partial charge in [0.2, 0.25) is 5.91 Å². The summed E-state index contributed by atoms with van der Waals surface area (Å²) in [6.45, 7) is 10.5. The van der Waals surface area contributed by atoms with Gasteiger partial charge in [-0.1, -0.05) is 32.8 Å². The van der Waals surface area contributed by atoms with Crippen LogP contribution in [-0.2, 0) is 10.2 Å². The van der Waals surface area contributed by atoms with E-state index in [9.17, 15) is 4.79 Å². The maximum absolute atomic E-state index is 13.3. The molecule has 2 aromatic heterocycles. The number of carbonyl (C=O) groups is 1. The van der Waals surface area contributed by atoms with Crippen molar-refractivity contribution in [1.29, 1.82) is 0 Å². The van der Waals surface area contributed by atoms with Gasteiger partial charge in [0.1, 0.15) is 0 Å². The number of aryl methyl sites for hydroxylation is 1. The molecule has 0 bridgehead atoms. The topological polar surface area (TPSA) is 83.8 Å². The molecule has 1 aromatic carbocycles. The molecule has 1 amide bonds. The van der Waals surface area contributed by atoms with E-state index in [1.54, 1.807) is 0 Å². The molecular formula is C27H36N4O. The number of hydrogen-bond donors (Lipinski definition) is 3. The van der Waals surface area contributed by atoms with Gasteiger partial charge in [0.15, 0.2) is 0 Å². The van der Waals surface area contributed by atoms with Crippen molar-refractivity contribution >= 4 is 16.8 Å². The van der Waals surface area contributed by atoms with Crippen LogP contribution >= 0.6 is 0 Å². The maximum atomic E-state index is 13.3. The summed E-state index contributed by atoms with van der Waals surface area (Å²) in [4.78, 5) is 21.3. The van der Waals surface area contributed by atoms with Crippen LogP contribution in [0.25, 0.3) is 22.2 Å². The van der Waals surface area contributed by atoms with Gasteiger partial charge in [0.05, 0.1) is 11.1 Å². The number of rotatable bonds is 5. The molecule has 32 heavy (non-hydrogen) atoms. The molecule has 5 nitrogen and oxygen atoms in total. The van der Waals surface area contributed by atoms with Crippen molar-refractivity contribution in [1.82, 2.24) is 15.3 Å². The highest BCUT2D eigenvalue weighted by molar-refractivity contribution is 5.94. The van der Waals surface area contributed by atoms with Gasteiger partial charge in [0, 0.05) is 40.4 Å². The van der Waals surface area contributed by atoms with Crippen molar-refractivity contribution in [3.8, 4) is 11.3 Å². The zero-order valence-electron chi connectivity index (χ0n) is 20.0. The predicted molar refractivity (Wildman–Crippen MR) is 132 cm³/mol. The van der Waals surface area contributed by atoms with Gasteiger partial charge in [-0.2, -0.15) is 0 Å². The second-order valence-electron chi connectivity index (χ2n) is 10.2. The summed E-state index contributed by atoms with van der Waals surface area (Å²) in [5.41, 5.74) is 12.3. The lowest BCUT2D eigenvalue weighted by Gasteiger charge is -2.33. The van der Waals surface area contributed by atoms with Gasteiger partial charge in [-0.3, -0.25) is 9.78 Å². The fourth-order valence-corrected chi connectivity index (χ4v) is 4.95. The molecule has 4 rings (SSSR count). The van der Waals surface area contributed by atoms with Gasteiger partial charge >= 0.3 is 0 Å². The lowest BCUT2D eigenvalue weighted by Crippen LogP contribution is -2.53. The number of aromatic nitrogens is 2. The molecule has 1 aliphatic rings. The second-order valence-corrected chi connectivity index (χ2v) is 10.2. The number of H-pyrrole nitrogens is 1. The van der Waals surface area contributed by atoms with Crippen LogP contribution < -0.4 is 11.1 Å². The Morgan fingerprint density at radius 2 is 1.94 bits per heavy atom. The number of benzene rings is 1. The van der Waals surface area contributed by atoms with Crippen molar-refractivity contribution < 1.29 is 4.79 Å². The summed E-state index contributed by atoms with van der Waals surface area (Å²) in [7, 11) is 0. The van der Waals surface area contributed by atoms with Crippen molar-refractivity contribution in [2.24, 2.45) is 5.73 Å². The van der Waals surface area contributed by atoms with Crippen molar-refractivity contribution in [3.05, 3.63) is 53.3 Å². The lowest BCUT2D eigenvalue weighted by atomic mass is 9.81. The van der Waals surface area contributed by atoms with Crippen LogP contribution in [0.4, 0.5) is 0 Å². The number of carbonyl (C=O) groups excluding carboxylic acids is 1. The second kappa shape index (κ2) is 8.70. The minimum atomic E-state index is -0.649. The van der Waals surface area contributed by atoms with Crippen molar-refractivity contribution in [3.63, 3.8) is 0 Å². The Kier molecular flexibility index (Phi) is 6.13. The van der Waals surface area contributed by atoms with E-state index in [1.807, 2.05) is 27.0 Å². The highest BCUT2D eigenvalue weighted by Gasteiger charge is 2.34. The average Bonchev–Trinajstić information content (AvgIpc) is 3.14. The van der Waals surface area contributed by atoms with Crippen LogP contribution in [0, 0.1) is 6.92 Å². The zero-order chi connectivity index (χ0) is 23.0. The van der Waals surface area contributed by atoms with Gasteiger partial charge in [-0.25, -0.2) is 0 Å². The summed E-state index contributed by atoms with van der Waals surface area (Å²) in [5, 5.41) is 4.43. The highest BCUT2D eigenvalue weighted by atomic mass is 16.2. The summed E-state index contributed by atoms with van der Waals surface area (Å²) in [6, 6.07) is 10.7. The first-order valence-corrected chi connectivity index (χ1v) is 11.8. The molecule has 5 heteroatoms. The lowest BCUT2D eigenvalue weighted by molar-refractivity contribution is -0.126. The minimum absolute atomic E-state index is 0.0471. The van der Waals surface area contributed by atoms with E-state index in [-0.39, 0.29) is 18.0 Å². The number of fused-ring (bicyclic) bond motifs is 1. The quantitative estimate of drug-likeness (QED) is 0.510. The minimum Gasteiger partial charge on any atom is -0.354 e. The fourth-order valence-electron chi connectivity index (χ4n) is 4.95. The van der Waals surface area contributed by atoms with Gasteiger partial charge in [-0.05, 0) is 74.9 Å². The molecule has 2 unspecified atom stereocenters. The van der Waals surface area contributed by atoms with Gasteiger partial charge in [-0.15, -0.1) is 0 Å². The highest BCUT2D eigenvalue weighted by Crippen LogP contribution is 2.38. The van der Waals surface area contributed by atoms with Gasteiger partial charge < -0.3 is 16.0 Å². The van der Waals surface area contributed by atoms with E-state index in [1.165, 1.54) is 10.9 Å². The number of nitrogens with zero attached hydrogens (tertiary/aromatic N) is 1. The van der Waals surface area contributed by atoms with Crippen LogP contribution in [-0.4, -0.2) is 28.0 Å². The first kappa shape index (κ1) is 22.5. The number of amides is 1. The number of pyridine rings is 1. The molecule has 0 radical (unpaired) electrons. The van der Waals surface area contributed by atoms with Crippen LogP contribution in [0.2, 0.25) is 0 Å². The third-order valence-electron chi connectivity index (χ3n) is 7.03. The summed E-state index contributed by atoms with van der Waals surface area (Å²) in [5.74, 6) is 0.380. The monoisotopic (exact) mass is 432 g/mol. The summed E-state index contributed by atoms with van der Waals surface area (Å²) in [6.07, 6.45) is 6.08. The number of aromatic amines is 1. The molecule has 4 N–H and O–H groups in total. The van der Waals surface area contributed by atoms with Crippen molar-refractivity contribution in [2.45, 2.75) is 83.7 Å². The third kappa shape index (κ3) is 4.18. The molecule has 170 valence electrons. The number of nitrogens with two attached hydrogens (primary N) is 1. The average molecular weight is 433 g/mol. The molecule has 3 aromatic rings. The predicted octanol–water partition coefficient (Wildman–Crippen LogP) is 5.33. The SMILES string of the molecule is Cc1cc(-c2[nH]c3ccc(C(C)(C)C(=O)NC4CCCCC4N)cc3c2C(C)C)ccn1. The van der Waals surface area contributed by atoms with E-state index < -0.39 is 5.41 Å². The van der Waals surface area contributed by atoms with Crippen LogP contribution in [0.5, 0.6) is 0 Å². The fraction of sp³-hybridized carbons (Fsp3) is 0.481. The van der Waals surface area contributed by atoms with Crippen LogP contribution in [0.15, 0.2) is 36.5 Å². The van der Waals surface area contributed by atoms with E-state index in [0.29, 0.717) is 5.92 Å². The van der Waals surface area contributed by atoms with Crippen LogP contribution in [0.3, 0.4) is 0 Å². The Hall–Kier alpha value is -2.66. The van der Waals surface area contributed by atoms with E-state index in [0.717, 1.165) is 53.7 Å². The summed E-state index contributed by atoms with van der Waals surface area (Å²) >= 11 is 0. The number of nitrogens with one attached hydrogen (secondary N) is 2. The van der Waals surface area contributed by atoms with E-state index in [4.69, 9.17) is 5.73 Å². The third-order valence-corrected chi connectivity index (χ3v) is 7.03. The van der Waals surface area contributed by atoms with E-state index >= 15 is 0 Å². The molecule has 2 heterocycles. The molecule has 0 aliphatic heterocycles. The molecule has 0 spiro atoms. The van der Waals surface area contributed by atoms with Gasteiger partial charge in [0.25, 0.3) is 0 Å². The molecule has 0 saturated heterocycles. The molecule has 2 atom stereocenters. The Bertz CT molecular complexity index is 1130. The molecule has 1 aliphatic carbocycles. The standard InChI is InChI=1S/C27H36N4O/c1-16(2)24-20-15-19(27(4,5)26(32)31-23-9-7-6-8-21(23)28)10-11-22(20)30-25(24)18-12-13-29-17(3)14-18/h10-16,21,23,30H,6-9,28H2,1-5H3,(H,31,32). The Labute approximate surface area is 191 Å². The Morgan fingerprint density at radius 1 is 1.19 bits per heavy atom. The molecule has 1 fully saturated rings. The zero-order valence-corrected chi connectivity index (χ0v) is 20.0. The maximum Gasteiger partial charge on any atom is 0.230 e. The normalized spacial score (nSPS) is 19.5. The molecular weight excluding hydrogens is 396 g/mol. The van der Waals surface area contributed by atoms with Crippen molar-refractivity contribution in [2.75, 3.05) is 0 Å². The first-order valence-electron chi connectivity index (χ1n) is 11.8. The van der Waals surface area contributed by atoms with E-state index in [2.05, 4.69) is 59.5 Å². The first-order chi connectivity index (χ1) is 15.2. The van der Waals surface area contributed by atoms with Crippen LogP contribution in [0.1, 0.15) is 76.1 Å². The Balaban J connectivity index is 1.72. The Morgan fingerprint density at radius 3 is 2.62 bits per heavy atom. The molecule has 1 saturated carbocycles. The largest absolute Gasteiger partial charge is 0.354 e. The smallest absolute Gasteiger partial charge is 0.230 e. The number of hydrogen-bond acceptors (Lipinski definition) is 3. The summed E-state index contributed by atoms with van der Waals surface area (Å²) < 4.78 is 0.